The third kappa shape index (κ3) is 6.33. The molecule has 232 valence electrons. The maximum Gasteiger partial charge on any atom is 0.313 e. The van der Waals surface area contributed by atoms with Crippen molar-refractivity contribution in [1.29, 1.82) is 0 Å². The molecule has 1 heterocycles. The van der Waals surface area contributed by atoms with Crippen molar-refractivity contribution in [3.63, 3.8) is 0 Å². The number of ether oxygens (including phenoxy) is 3. The summed E-state index contributed by atoms with van der Waals surface area (Å²) in [4.78, 5) is 29.9. The third-order valence-electron chi connectivity index (χ3n) is 8.52. The van der Waals surface area contributed by atoms with Crippen LogP contribution in [0.4, 0.5) is 5.69 Å². The van der Waals surface area contributed by atoms with Crippen LogP contribution in [0.3, 0.4) is 0 Å². The minimum absolute atomic E-state index is 0.103. The van der Waals surface area contributed by atoms with E-state index in [1.165, 1.54) is 0 Å². The van der Waals surface area contributed by atoms with Gasteiger partial charge in [-0.3, -0.25) is 14.2 Å². The second-order valence-corrected chi connectivity index (χ2v) is 12.5. The van der Waals surface area contributed by atoms with Crippen LogP contribution < -0.4 is 14.4 Å². The molecule has 1 atom stereocenters. The van der Waals surface area contributed by atoms with Gasteiger partial charge in [0.15, 0.2) is 0 Å². The number of benzene rings is 3. The largest absolute Gasteiger partial charge is 0.496 e. The summed E-state index contributed by atoms with van der Waals surface area (Å²) in [5, 5.41) is 0.873. The number of rotatable bonds is 10. The smallest absolute Gasteiger partial charge is 0.313 e. The summed E-state index contributed by atoms with van der Waals surface area (Å²) in [5.74, 6) is 1.26. The molecule has 0 amide bonds. The molecule has 0 radical (unpaired) electrons. The molecule has 1 aliphatic carbocycles. The highest BCUT2D eigenvalue weighted by Crippen LogP contribution is 2.42. The van der Waals surface area contributed by atoms with E-state index in [1.54, 1.807) is 7.11 Å². The molecular weight excluding hydrogens is 552 g/mol. The lowest BCUT2D eigenvalue weighted by Crippen LogP contribution is -2.23. The van der Waals surface area contributed by atoms with E-state index in [0.717, 1.165) is 68.9 Å². The number of anilines is 1. The number of aromatic nitrogens is 1. The number of methoxy groups -OCH3 is 1. The van der Waals surface area contributed by atoms with Gasteiger partial charge in [0, 0.05) is 36.4 Å². The molecule has 7 heteroatoms. The van der Waals surface area contributed by atoms with E-state index in [0.29, 0.717) is 30.9 Å². The Morgan fingerprint density at radius 2 is 1.70 bits per heavy atom. The van der Waals surface area contributed by atoms with Gasteiger partial charge in [-0.05, 0) is 122 Å². The van der Waals surface area contributed by atoms with Crippen LogP contribution in [0.5, 0.6) is 11.5 Å². The Kier molecular flexibility index (Phi) is 9.33. The zero-order valence-corrected chi connectivity index (χ0v) is 27.0. The van der Waals surface area contributed by atoms with Crippen molar-refractivity contribution in [1.82, 2.24) is 4.57 Å². The normalized spacial score (nSPS) is 14.4. The number of esters is 1. The van der Waals surface area contributed by atoms with Crippen LogP contribution in [-0.4, -0.2) is 44.3 Å². The first-order valence-electron chi connectivity index (χ1n) is 15.5. The van der Waals surface area contributed by atoms with Crippen molar-refractivity contribution >= 4 is 28.5 Å². The first-order valence-corrected chi connectivity index (χ1v) is 15.5. The summed E-state index contributed by atoms with van der Waals surface area (Å²) in [6, 6.07) is 17.5. The molecule has 4 aromatic rings. The van der Waals surface area contributed by atoms with Gasteiger partial charge in [-0.1, -0.05) is 13.8 Å². The highest BCUT2D eigenvalue weighted by atomic mass is 16.5. The Morgan fingerprint density at radius 3 is 2.34 bits per heavy atom. The molecule has 0 spiro atoms. The fourth-order valence-corrected chi connectivity index (χ4v) is 6.30. The number of hydrogen-bond donors (Lipinski definition) is 0. The van der Waals surface area contributed by atoms with E-state index in [-0.39, 0.29) is 18.5 Å². The molecule has 1 aliphatic rings. The summed E-state index contributed by atoms with van der Waals surface area (Å²) in [6.45, 7) is 9.11. The van der Waals surface area contributed by atoms with Crippen molar-refractivity contribution in [2.24, 2.45) is 5.92 Å². The molecule has 3 aromatic carbocycles. The molecule has 7 nitrogen and oxygen atoms in total. The monoisotopic (exact) mass is 596 g/mol. The fourth-order valence-electron chi connectivity index (χ4n) is 6.30. The number of carbonyl (C=O) groups is 2. The third-order valence-corrected chi connectivity index (χ3v) is 8.52. The molecule has 0 aliphatic heterocycles. The van der Waals surface area contributed by atoms with Crippen LogP contribution in [0.25, 0.3) is 10.9 Å². The van der Waals surface area contributed by atoms with Crippen LogP contribution in [0.1, 0.15) is 77.3 Å². The van der Waals surface area contributed by atoms with Crippen molar-refractivity contribution in [2.45, 2.75) is 65.9 Å². The molecule has 0 bridgehead atoms. The summed E-state index contributed by atoms with van der Waals surface area (Å²) >= 11 is 0. The van der Waals surface area contributed by atoms with Gasteiger partial charge in [-0.15, -0.1) is 0 Å². The molecule has 1 unspecified atom stereocenters. The molecule has 0 saturated carbocycles. The van der Waals surface area contributed by atoms with E-state index in [9.17, 15) is 9.59 Å². The lowest BCUT2D eigenvalue weighted by molar-refractivity contribution is -0.147. The number of aryl methyl sites for hydroxylation is 2. The van der Waals surface area contributed by atoms with Crippen LogP contribution in [-0.2, 0) is 22.6 Å². The minimum Gasteiger partial charge on any atom is -0.496 e. The van der Waals surface area contributed by atoms with Crippen LogP contribution in [0, 0.1) is 19.8 Å². The Hall–Kier alpha value is -4.26. The summed E-state index contributed by atoms with van der Waals surface area (Å²) in [7, 11) is 5.61. The van der Waals surface area contributed by atoms with Crippen molar-refractivity contribution in [2.75, 3.05) is 32.7 Å². The average Bonchev–Trinajstić information content (AvgIpc) is 3.33. The van der Waals surface area contributed by atoms with Gasteiger partial charge in [-0.2, -0.15) is 0 Å². The fraction of sp³-hybridized carbons (Fsp3) is 0.405. The maximum absolute atomic E-state index is 14.1. The van der Waals surface area contributed by atoms with E-state index in [4.69, 9.17) is 14.2 Å². The first kappa shape index (κ1) is 31.2. The second-order valence-electron chi connectivity index (χ2n) is 12.5. The van der Waals surface area contributed by atoms with Crippen LogP contribution in [0.2, 0.25) is 0 Å². The van der Waals surface area contributed by atoms with Gasteiger partial charge < -0.3 is 19.1 Å². The van der Waals surface area contributed by atoms with Crippen molar-refractivity contribution < 1.29 is 23.8 Å². The SMILES string of the molecule is COc1c(C)cc(COC(=O)C2CCCc3c2c2cc(OCCC(C)C)ccc2n3C(=O)c2ccc(N(C)C)cc2)cc1C. The Morgan fingerprint density at radius 1 is 1.00 bits per heavy atom. The molecule has 0 saturated heterocycles. The standard InChI is InChI=1S/C37H44N2O5/c1-23(2)17-18-43-29-15-16-32-31(21-29)34-30(37(41)44-22-26-19-24(3)35(42-7)25(4)20-26)9-8-10-33(34)39(32)36(40)27-11-13-28(14-12-27)38(5)6/h11-16,19-21,23,30H,8-10,17-18,22H2,1-7H3. The molecule has 0 fully saturated rings. The Balaban J connectivity index is 1.52. The molecule has 44 heavy (non-hydrogen) atoms. The number of hydrogen-bond acceptors (Lipinski definition) is 6. The van der Waals surface area contributed by atoms with E-state index in [1.807, 2.05) is 92.0 Å². The number of fused-ring (bicyclic) bond motifs is 3. The molecule has 0 N–H and O–H groups in total. The second kappa shape index (κ2) is 13.2. The van der Waals surface area contributed by atoms with Gasteiger partial charge in [0.05, 0.1) is 25.2 Å². The highest BCUT2D eigenvalue weighted by molar-refractivity contribution is 6.05. The predicted octanol–water partition coefficient (Wildman–Crippen LogP) is 7.61. The van der Waals surface area contributed by atoms with Gasteiger partial charge in [0.25, 0.3) is 5.91 Å². The van der Waals surface area contributed by atoms with Crippen LogP contribution in [0.15, 0.2) is 54.6 Å². The predicted molar refractivity (Wildman–Crippen MR) is 175 cm³/mol. The number of nitrogens with zero attached hydrogens (tertiary/aromatic N) is 2. The van der Waals surface area contributed by atoms with E-state index in [2.05, 4.69) is 13.8 Å². The van der Waals surface area contributed by atoms with Gasteiger partial charge in [0.1, 0.15) is 18.1 Å². The number of carbonyl (C=O) groups excluding carboxylic acids is 2. The first-order chi connectivity index (χ1) is 21.1. The topological polar surface area (TPSA) is 70.0 Å². The summed E-state index contributed by atoms with van der Waals surface area (Å²) < 4.78 is 19.4. The van der Waals surface area contributed by atoms with Crippen molar-refractivity contribution in [3.8, 4) is 11.5 Å². The molecule has 5 rings (SSSR count). The Labute approximate surface area is 260 Å². The summed E-state index contributed by atoms with van der Waals surface area (Å²) in [5.41, 5.74) is 7.10. The van der Waals surface area contributed by atoms with E-state index >= 15 is 0 Å². The molecule has 1 aromatic heterocycles. The van der Waals surface area contributed by atoms with Crippen molar-refractivity contribution in [3.05, 3.63) is 88.1 Å². The van der Waals surface area contributed by atoms with Crippen LogP contribution >= 0.6 is 0 Å². The quantitative estimate of drug-likeness (QED) is 0.176. The lowest BCUT2D eigenvalue weighted by Gasteiger charge is -2.23. The minimum atomic E-state index is -0.474. The van der Waals surface area contributed by atoms with E-state index < -0.39 is 5.92 Å². The highest BCUT2D eigenvalue weighted by Gasteiger charge is 2.35. The zero-order chi connectivity index (χ0) is 31.5. The molecular formula is C37H44N2O5. The van der Waals surface area contributed by atoms with Gasteiger partial charge >= 0.3 is 5.97 Å². The maximum atomic E-state index is 14.1. The zero-order valence-electron chi connectivity index (χ0n) is 27.0. The summed E-state index contributed by atoms with van der Waals surface area (Å²) in [6.07, 6.45) is 3.10. The Bertz CT molecular complexity index is 1640. The average molecular weight is 597 g/mol. The lowest BCUT2D eigenvalue weighted by atomic mass is 9.85. The van der Waals surface area contributed by atoms with Gasteiger partial charge in [-0.25, -0.2) is 0 Å². The van der Waals surface area contributed by atoms with Gasteiger partial charge in [0.2, 0.25) is 0 Å².